The van der Waals surface area contributed by atoms with E-state index < -0.39 is 19.0 Å². The van der Waals surface area contributed by atoms with Crippen LogP contribution in [-0.4, -0.2) is 42.2 Å². The average molecular weight is 451 g/mol. The number of nitrogens with two attached hydrogens (primary N) is 3. The van der Waals surface area contributed by atoms with Gasteiger partial charge in [-0.1, -0.05) is 61.1 Å². The number of nitroso groups, excluding NO2 is 1. The molecule has 8 N–H and O–H groups in total. The lowest BCUT2D eigenvalue weighted by Gasteiger charge is -2.30. The summed E-state index contributed by atoms with van der Waals surface area (Å²) in [7, 11) is -1.14. The summed E-state index contributed by atoms with van der Waals surface area (Å²) in [6.07, 6.45) is 6.31. The second-order valence-electron chi connectivity index (χ2n) is 7.33. The first-order valence-corrected chi connectivity index (χ1v) is 10.3. The fourth-order valence-electron chi connectivity index (χ4n) is 2.91. The molecule has 31 heavy (non-hydrogen) atoms. The predicted molar refractivity (Wildman–Crippen MR) is 121 cm³/mol. The molecule has 0 amide bonds. The predicted octanol–water partition coefficient (Wildman–Crippen LogP) is 1.65. The molecule has 2 aliphatic rings. The van der Waals surface area contributed by atoms with Crippen LogP contribution < -0.4 is 27.3 Å². The van der Waals surface area contributed by atoms with Crippen LogP contribution >= 0.6 is 11.6 Å². The van der Waals surface area contributed by atoms with Gasteiger partial charge >= 0.3 is 13.0 Å². The summed E-state index contributed by atoms with van der Waals surface area (Å²) >= 11 is 6.00. The van der Waals surface area contributed by atoms with Gasteiger partial charge in [0, 0.05) is 12.2 Å². The van der Waals surface area contributed by atoms with Crippen molar-refractivity contribution in [3.05, 3.63) is 57.4 Å². The van der Waals surface area contributed by atoms with Gasteiger partial charge in [0.15, 0.2) is 0 Å². The quantitative estimate of drug-likeness (QED) is 0.130. The zero-order chi connectivity index (χ0) is 23.0. The Morgan fingerprint density at radius 3 is 2.55 bits per heavy atom. The molecule has 1 heterocycles. The fourth-order valence-corrected chi connectivity index (χ4v) is 3.05. The second kappa shape index (κ2) is 11.6. The summed E-state index contributed by atoms with van der Waals surface area (Å²) in [6, 6.07) is 4.73. The van der Waals surface area contributed by atoms with E-state index in [9.17, 15) is 14.8 Å². The first-order valence-electron chi connectivity index (χ1n) is 9.93. The molecular formula is C19H28BClN6O4. The van der Waals surface area contributed by atoms with Crippen LogP contribution in [0, 0.1) is 4.91 Å². The summed E-state index contributed by atoms with van der Waals surface area (Å²) in [6.45, 7) is 3.98. The Hall–Kier alpha value is -2.76. The number of aromatic carboxylic acids is 1. The van der Waals surface area contributed by atoms with Gasteiger partial charge in [-0.25, -0.2) is 10.6 Å². The number of rotatable bonds is 8. The number of carboxylic acids is 1. The first kappa shape index (κ1) is 24.5. The monoisotopic (exact) mass is 450 g/mol. The topological polar surface area (TPSA) is 169 Å². The van der Waals surface area contributed by atoms with Crippen LogP contribution in [0.5, 0.6) is 5.75 Å². The number of hydrogen-bond donors (Lipinski definition) is 5. The Bertz CT molecular complexity index is 845. The molecule has 168 valence electrons. The summed E-state index contributed by atoms with van der Waals surface area (Å²) in [5, 5.41) is 16.5. The van der Waals surface area contributed by atoms with Gasteiger partial charge < -0.3 is 26.5 Å². The van der Waals surface area contributed by atoms with Gasteiger partial charge in [0.25, 0.3) is 0 Å². The number of nitrogens with one attached hydrogen (secondary N) is 1. The summed E-state index contributed by atoms with van der Waals surface area (Å²) < 4.78 is 5.51. The van der Waals surface area contributed by atoms with E-state index >= 15 is 0 Å². The molecule has 0 aromatic heterocycles. The number of hydrazine groups is 1. The van der Waals surface area contributed by atoms with Gasteiger partial charge in [-0.3, -0.25) is 5.01 Å². The summed E-state index contributed by atoms with van der Waals surface area (Å²) in [5.74, 6) is 4.25. The lowest BCUT2D eigenvalue weighted by atomic mass is 9.68. The molecular weight excluding hydrogens is 423 g/mol. The van der Waals surface area contributed by atoms with E-state index in [0.717, 1.165) is 5.01 Å². The molecule has 0 saturated heterocycles. The SMILES string of the molecule is C1CCC1.C=C(CN(N)/C(Cl)=C(\N)CN)NC1Cc2cccc(C(=O)O)c2OB1N=O. The number of carboxylic acid groups (broad SMARTS) is 1. The molecule has 1 aliphatic heterocycles. The maximum Gasteiger partial charge on any atom is 0.570 e. The van der Waals surface area contributed by atoms with Gasteiger partial charge in [0.1, 0.15) is 10.9 Å². The number of fused-ring (bicyclic) bond motifs is 1. The molecule has 1 aromatic carbocycles. The van der Waals surface area contributed by atoms with E-state index in [4.69, 9.17) is 33.6 Å². The summed E-state index contributed by atoms with van der Waals surface area (Å²) in [5.41, 5.74) is 12.3. The third kappa shape index (κ3) is 6.61. The molecule has 3 rings (SSSR count). The first-order chi connectivity index (χ1) is 14.8. The third-order valence-electron chi connectivity index (χ3n) is 4.94. The van der Waals surface area contributed by atoms with Crippen molar-refractivity contribution in [2.75, 3.05) is 13.1 Å². The van der Waals surface area contributed by atoms with Crippen molar-refractivity contribution in [1.29, 1.82) is 0 Å². The molecule has 12 heteroatoms. The van der Waals surface area contributed by atoms with Gasteiger partial charge in [-0.05, 0) is 18.1 Å². The van der Waals surface area contributed by atoms with Crippen LogP contribution in [0.25, 0.3) is 0 Å². The molecule has 1 unspecified atom stereocenters. The van der Waals surface area contributed by atoms with E-state index in [1.54, 1.807) is 12.1 Å². The molecule has 1 atom stereocenters. The maximum atomic E-state index is 11.3. The largest absolute Gasteiger partial charge is 0.570 e. The van der Waals surface area contributed by atoms with Crippen molar-refractivity contribution >= 4 is 24.6 Å². The number of nitrogens with zero attached hydrogens (tertiary/aromatic N) is 2. The van der Waals surface area contributed by atoms with Gasteiger partial charge in [-0.15, -0.1) is 0 Å². The zero-order valence-corrected chi connectivity index (χ0v) is 18.0. The molecule has 10 nitrogen and oxygen atoms in total. The Labute approximate surface area is 186 Å². The lowest BCUT2D eigenvalue weighted by Crippen LogP contribution is -2.51. The highest BCUT2D eigenvalue weighted by molar-refractivity contribution is 6.53. The molecule has 1 saturated carbocycles. The van der Waals surface area contributed by atoms with Crippen LogP contribution in [0.1, 0.15) is 41.6 Å². The van der Waals surface area contributed by atoms with E-state index in [1.165, 1.54) is 31.7 Å². The number of hydrogen-bond acceptors (Lipinski definition) is 9. The van der Waals surface area contributed by atoms with Gasteiger partial charge in [-0.2, -0.15) is 4.91 Å². The Balaban J connectivity index is 0.000000762. The average Bonchev–Trinajstić information content (AvgIpc) is 2.69. The minimum absolute atomic E-state index is 0.0271. The second-order valence-corrected chi connectivity index (χ2v) is 7.69. The highest BCUT2D eigenvalue weighted by atomic mass is 35.5. The minimum atomic E-state index is -1.15. The number of benzene rings is 1. The Morgan fingerprint density at radius 1 is 1.39 bits per heavy atom. The highest BCUT2D eigenvalue weighted by Gasteiger charge is 2.39. The van der Waals surface area contributed by atoms with Crippen LogP contribution in [0.15, 0.2) is 46.4 Å². The minimum Gasteiger partial charge on any atom is -0.536 e. The molecule has 0 bridgehead atoms. The van der Waals surface area contributed by atoms with E-state index in [1.807, 2.05) is 0 Å². The van der Waals surface area contributed by atoms with E-state index in [2.05, 4.69) is 17.0 Å². The maximum absolute atomic E-state index is 11.3. The van der Waals surface area contributed by atoms with Gasteiger partial charge in [0.2, 0.25) is 0 Å². The van der Waals surface area contributed by atoms with E-state index in [-0.39, 0.29) is 35.3 Å². The standard InChI is InChI=1S/C15H20BClN6O4.C4H8/c1-8(7-23(20)14(17)11(19)6-18)21-12-5-9-3-2-4-10(15(24)25)13(9)27-16(12)22-26;1-2-4-3-1/h2-4,12,21H,1,5-7,18-20H2,(H,24,25);1-4H2/b14-11-;. The molecule has 1 aromatic rings. The zero-order valence-electron chi connectivity index (χ0n) is 17.2. The Kier molecular flexibility index (Phi) is 9.16. The molecule has 1 fully saturated rings. The third-order valence-corrected chi connectivity index (χ3v) is 5.40. The van der Waals surface area contributed by atoms with Crippen LogP contribution in [0.2, 0.25) is 0 Å². The number of para-hydroxylation sites is 1. The number of halogens is 1. The smallest absolute Gasteiger partial charge is 0.536 e. The highest BCUT2D eigenvalue weighted by Crippen LogP contribution is 2.31. The lowest BCUT2D eigenvalue weighted by molar-refractivity contribution is 0.0694. The van der Waals surface area contributed by atoms with Crippen molar-refractivity contribution in [2.45, 2.75) is 38.0 Å². The van der Waals surface area contributed by atoms with Crippen LogP contribution in [0.3, 0.4) is 0 Å². The van der Waals surface area contributed by atoms with Crippen molar-refractivity contribution in [1.82, 2.24) is 10.3 Å². The van der Waals surface area contributed by atoms with Crippen molar-refractivity contribution in [3.63, 3.8) is 0 Å². The molecule has 1 aliphatic carbocycles. The fraction of sp³-hybridized carbons (Fsp3) is 0.421. The summed E-state index contributed by atoms with van der Waals surface area (Å²) in [4.78, 5) is 22.5. The Morgan fingerprint density at radius 2 is 2.03 bits per heavy atom. The normalized spacial score (nSPS) is 17.5. The van der Waals surface area contributed by atoms with Crippen molar-refractivity contribution in [3.8, 4) is 5.75 Å². The van der Waals surface area contributed by atoms with Gasteiger partial charge in [0.05, 0.1) is 23.7 Å². The number of carbonyl (C=O) groups is 1. The van der Waals surface area contributed by atoms with Crippen molar-refractivity contribution in [2.24, 2.45) is 22.4 Å². The molecule has 0 spiro atoms. The van der Waals surface area contributed by atoms with Crippen LogP contribution in [-0.2, 0) is 6.42 Å². The van der Waals surface area contributed by atoms with E-state index in [0.29, 0.717) is 17.7 Å². The van der Waals surface area contributed by atoms with Crippen molar-refractivity contribution < 1.29 is 14.6 Å². The van der Waals surface area contributed by atoms with Crippen LogP contribution in [0.4, 0.5) is 0 Å². The molecule has 0 radical (unpaired) electrons.